The van der Waals surface area contributed by atoms with Crippen LogP contribution in [0, 0.1) is 0 Å². The summed E-state index contributed by atoms with van der Waals surface area (Å²) in [4.78, 5) is 25.5. The van der Waals surface area contributed by atoms with Gasteiger partial charge >= 0.3 is 0 Å². The number of benzene rings is 3. The number of hydrogen-bond donors (Lipinski definition) is 0. The largest absolute Gasteiger partial charge is 0.294 e. The molecule has 0 saturated heterocycles. The lowest BCUT2D eigenvalue weighted by Crippen LogP contribution is -2.12. The number of Topliss-reactive ketones (excluding diaryl/α,β-unsaturated/α-hetero) is 2. The van der Waals surface area contributed by atoms with Crippen molar-refractivity contribution in [2.45, 2.75) is 18.8 Å². The van der Waals surface area contributed by atoms with Crippen LogP contribution in [-0.2, 0) is 0 Å². The van der Waals surface area contributed by atoms with E-state index in [-0.39, 0.29) is 30.3 Å². The van der Waals surface area contributed by atoms with Crippen molar-refractivity contribution in [3.63, 3.8) is 0 Å². The highest BCUT2D eigenvalue weighted by atomic mass is 35.5. The van der Waals surface area contributed by atoms with Crippen molar-refractivity contribution in [3.05, 3.63) is 106 Å². The van der Waals surface area contributed by atoms with E-state index in [2.05, 4.69) is 0 Å². The number of carbonyl (C=O) groups excluding carboxylic acids is 2. The zero-order valence-electron chi connectivity index (χ0n) is 14.6. The van der Waals surface area contributed by atoms with E-state index in [9.17, 15) is 9.59 Å². The first kappa shape index (κ1) is 19.3. The molecule has 0 N–H and O–H groups in total. The third kappa shape index (κ3) is 5.29. The summed E-state index contributed by atoms with van der Waals surface area (Å²) in [7, 11) is 0. The van der Waals surface area contributed by atoms with Crippen LogP contribution in [0.2, 0.25) is 10.0 Å². The van der Waals surface area contributed by atoms with E-state index in [1.165, 1.54) is 0 Å². The average Bonchev–Trinajstić information content (AvgIpc) is 2.69. The summed E-state index contributed by atoms with van der Waals surface area (Å²) in [5, 5.41) is 1.17. The van der Waals surface area contributed by atoms with Crippen molar-refractivity contribution in [1.29, 1.82) is 0 Å². The second kappa shape index (κ2) is 8.98. The van der Waals surface area contributed by atoms with Crippen LogP contribution in [-0.4, -0.2) is 11.6 Å². The Labute approximate surface area is 168 Å². The Bertz CT molecular complexity index is 857. The highest BCUT2D eigenvalue weighted by molar-refractivity contribution is 6.31. The standard InChI is InChI=1S/C23H18Cl2O2/c24-20-10-6-17(7-11-20)22(26)14-19(16-4-2-1-3-5-16)15-23(27)18-8-12-21(25)13-9-18/h1-13,19H,14-15H2. The van der Waals surface area contributed by atoms with Crippen LogP contribution in [0.15, 0.2) is 78.9 Å². The average molecular weight is 397 g/mol. The Morgan fingerprint density at radius 2 is 1.04 bits per heavy atom. The molecular weight excluding hydrogens is 379 g/mol. The number of carbonyl (C=O) groups is 2. The SMILES string of the molecule is O=C(CC(CC(=O)c1ccc(Cl)cc1)c1ccccc1)c1ccc(Cl)cc1. The van der Waals surface area contributed by atoms with Gasteiger partial charge in [0.25, 0.3) is 0 Å². The van der Waals surface area contributed by atoms with Gasteiger partial charge in [-0.2, -0.15) is 0 Å². The van der Waals surface area contributed by atoms with Crippen molar-refractivity contribution in [2.24, 2.45) is 0 Å². The van der Waals surface area contributed by atoms with E-state index in [1.54, 1.807) is 48.5 Å². The lowest BCUT2D eigenvalue weighted by molar-refractivity contribution is 0.0944. The fraction of sp³-hybridized carbons (Fsp3) is 0.130. The molecule has 0 aromatic heterocycles. The molecule has 0 aliphatic heterocycles. The predicted molar refractivity (Wildman–Crippen MR) is 110 cm³/mol. The zero-order valence-corrected chi connectivity index (χ0v) is 16.1. The van der Waals surface area contributed by atoms with Crippen LogP contribution in [0.25, 0.3) is 0 Å². The molecule has 0 bridgehead atoms. The van der Waals surface area contributed by atoms with Crippen molar-refractivity contribution in [2.75, 3.05) is 0 Å². The molecule has 0 radical (unpaired) electrons. The summed E-state index contributed by atoms with van der Waals surface area (Å²) in [6, 6.07) is 23.3. The van der Waals surface area contributed by atoms with Gasteiger partial charge < -0.3 is 0 Å². The molecule has 0 fully saturated rings. The third-order valence-corrected chi connectivity index (χ3v) is 4.97. The molecule has 0 spiro atoms. The lowest BCUT2D eigenvalue weighted by atomic mass is 9.86. The molecule has 0 saturated carbocycles. The third-order valence-electron chi connectivity index (χ3n) is 4.47. The predicted octanol–water partition coefficient (Wildman–Crippen LogP) is 6.62. The van der Waals surface area contributed by atoms with Crippen LogP contribution in [0.3, 0.4) is 0 Å². The molecule has 2 nitrogen and oxygen atoms in total. The summed E-state index contributed by atoms with van der Waals surface area (Å²) in [5.74, 6) is -0.216. The summed E-state index contributed by atoms with van der Waals surface area (Å²) >= 11 is 11.8. The van der Waals surface area contributed by atoms with E-state index >= 15 is 0 Å². The number of rotatable bonds is 7. The second-order valence-electron chi connectivity index (χ2n) is 6.38. The van der Waals surface area contributed by atoms with Gasteiger partial charge in [0.2, 0.25) is 0 Å². The molecule has 0 atom stereocenters. The highest BCUT2D eigenvalue weighted by Gasteiger charge is 2.21. The van der Waals surface area contributed by atoms with E-state index in [0.717, 1.165) is 5.56 Å². The van der Waals surface area contributed by atoms with Gasteiger partial charge in [-0.25, -0.2) is 0 Å². The smallest absolute Gasteiger partial charge is 0.163 e. The van der Waals surface area contributed by atoms with Crippen LogP contribution in [0.5, 0.6) is 0 Å². The Hall–Kier alpha value is -2.42. The molecule has 4 heteroatoms. The van der Waals surface area contributed by atoms with Crippen LogP contribution < -0.4 is 0 Å². The van der Waals surface area contributed by atoms with Crippen molar-refractivity contribution < 1.29 is 9.59 Å². The quantitative estimate of drug-likeness (QED) is 0.420. The monoisotopic (exact) mass is 396 g/mol. The molecule has 3 rings (SSSR count). The fourth-order valence-electron chi connectivity index (χ4n) is 2.99. The van der Waals surface area contributed by atoms with Gasteiger partial charge in [0.05, 0.1) is 0 Å². The van der Waals surface area contributed by atoms with Crippen LogP contribution >= 0.6 is 23.2 Å². The molecule has 3 aromatic carbocycles. The summed E-state index contributed by atoms with van der Waals surface area (Å²) in [6.07, 6.45) is 0.510. The maximum atomic E-state index is 12.7. The minimum atomic E-state index is -0.197. The van der Waals surface area contributed by atoms with Crippen LogP contribution in [0.1, 0.15) is 45.0 Å². The van der Waals surface area contributed by atoms with Gasteiger partial charge in [-0.1, -0.05) is 53.5 Å². The summed E-state index contributed by atoms with van der Waals surface area (Å²) < 4.78 is 0. The van der Waals surface area contributed by atoms with Crippen LogP contribution in [0.4, 0.5) is 0 Å². The Morgan fingerprint density at radius 3 is 1.44 bits per heavy atom. The summed E-state index contributed by atoms with van der Waals surface area (Å²) in [5.41, 5.74) is 2.17. The Morgan fingerprint density at radius 1 is 0.630 bits per heavy atom. The molecule has 27 heavy (non-hydrogen) atoms. The minimum Gasteiger partial charge on any atom is -0.294 e. The van der Waals surface area contributed by atoms with Crippen molar-refractivity contribution >= 4 is 34.8 Å². The minimum absolute atomic E-state index is 0.00979. The maximum absolute atomic E-state index is 12.7. The fourth-order valence-corrected chi connectivity index (χ4v) is 3.24. The summed E-state index contributed by atoms with van der Waals surface area (Å²) in [6.45, 7) is 0. The van der Waals surface area contributed by atoms with Gasteiger partial charge in [0.1, 0.15) is 0 Å². The molecule has 0 heterocycles. The Kier molecular flexibility index (Phi) is 6.44. The van der Waals surface area contributed by atoms with E-state index < -0.39 is 0 Å². The number of ketones is 2. The van der Waals surface area contributed by atoms with E-state index in [4.69, 9.17) is 23.2 Å². The van der Waals surface area contributed by atoms with Crippen molar-refractivity contribution in [3.8, 4) is 0 Å². The normalized spacial score (nSPS) is 10.8. The topological polar surface area (TPSA) is 34.1 Å². The van der Waals surface area contributed by atoms with Gasteiger partial charge in [-0.3, -0.25) is 9.59 Å². The second-order valence-corrected chi connectivity index (χ2v) is 7.25. The number of hydrogen-bond acceptors (Lipinski definition) is 2. The first-order valence-corrected chi connectivity index (χ1v) is 9.41. The van der Waals surface area contributed by atoms with Gasteiger partial charge in [0, 0.05) is 34.0 Å². The van der Waals surface area contributed by atoms with Gasteiger partial charge in [-0.05, 0) is 60.0 Å². The molecule has 3 aromatic rings. The molecule has 0 aliphatic carbocycles. The van der Waals surface area contributed by atoms with Crippen molar-refractivity contribution in [1.82, 2.24) is 0 Å². The highest BCUT2D eigenvalue weighted by Crippen LogP contribution is 2.27. The lowest BCUT2D eigenvalue weighted by Gasteiger charge is -2.16. The zero-order chi connectivity index (χ0) is 19.2. The number of halogens is 2. The molecular formula is C23H18Cl2O2. The van der Waals surface area contributed by atoms with E-state index in [0.29, 0.717) is 21.2 Å². The molecule has 0 unspecified atom stereocenters. The molecule has 136 valence electrons. The molecule has 0 aliphatic rings. The Balaban J connectivity index is 1.81. The molecule has 0 amide bonds. The van der Waals surface area contributed by atoms with Gasteiger partial charge in [-0.15, -0.1) is 0 Å². The first-order valence-electron chi connectivity index (χ1n) is 8.65. The maximum Gasteiger partial charge on any atom is 0.163 e. The van der Waals surface area contributed by atoms with E-state index in [1.807, 2.05) is 30.3 Å². The first-order chi connectivity index (χ1) is 13.0. The van der Waals surface area contributed by atoms with Gasteiger partial charge in [0.15, 0.2) is 11.6 Å².